The normalized spacial score (nSPS) is 15.7. The van der Waals surface area contributed by atoms with Crippen molar-refractivity contribution in [2.45, 2.75) is 12.5 Å². The Hall–Kier alpha value is -2.73. The molecule has 1 heterocycles. The highest BCUT2D eigenvalue weighted by atomic mass is 35.5. The van der Waals surface area contributed by atoms with E-state index in [2.05, 4.69) is 22.3 Å². The summed E-state index contributed by atoms with van der Waals surface area (Å²) in [6, 6.07) is 19.1. The molecule has 1 aliphatic rings. The van der Waals surface area contributed by atoms with E-state index in [9.17, 15) is 4.79 Å². The number of nitrogens with one attached hydrogen (secondary N) is 1. The van der Waals surface area contributed by atoms with Gasteiger partial charge in [0.2, 0.25) is 5.91 Å². The van der Waals surface area contributed by atoms with Crippen molar-refractivity contribution in [2.24, 2.45) is 0 Å². The van der Waals surface area contributed by atoms with Crippen LogP contribution in [0.2, 0.25) is 10.0 Å². The van der Waals surface area contributed by atoms with Crippen LogP contribution in [0, 0.1) is 0 Å². The molecule has 166 valence electrons. The standard InChI is InChI=1S/C25H24Cl2N2O3/c1-31-22-12-17-10-11-29(15-24(30)28-21-13-18(26)8-9-20(21)27)25(16-6-4-3-5-7-16)19(17)14-23(22)32-2/h3-9,12-14,25H,10-11,15H2,1-2H3,(H,28,30)/t25-/m0/s1. The SMILES string of the molecule is COc1cc2c(cc1OC)[C@H](c1ccccc1)N(CC(=O)Nc1cc(Cl)ccc1Cl)CC2. The molecule has 5 nitrogen and oxygen atoms in total. The molecule has 32 heavy (non-hydrogen) atoms. The van der Waals surface area contributed by atoms with E-state index in [0.29, 0.717) is 27.2 Å². The van der Waals surface area contributed by atoms with Gasteiger partial charge in [0.1, 0.15) is 0 Å². The molecule has 3 aromatic rings. The van der Waals surface area contributed by atoms with Gasteiger partial charge in [-0.25, -0.2) is 0 Å². The molecule has 0 bridgehead atoms. The average molecular weight is 471 g/mol. The summed E-state index contributed by atoms with van der Waals surface area (Å²) in [5, 5.41) is 3.85. The fourth-order valence-electron chi connectivity index (χ4n) is 4.16. The molecule has 0 spiro atoms. The molecule has 0 saturated heterocycles. The van der Waals surface area contributed by atoms with E-state index in [4.69, 9.17) is 32.7 Å². The van der Waals surface area contributed by atoms with Crippen LogP contribution in [0.1, 0.15) is 22.7 Å². The molecular weight excluding hydrogens is 447 g/mol. The molecule has 3 aromatic carbocycles. The second-order valence-electron chi connectivity index (χ2n) is 7.61. The van der Waals surface area contributed by atoms with Crippen LogP contribution in [-0.2, 0) is 11.2 Å². The number of amides is 1. The Bertz CT molecular complexity index is 1120. The first kappa shape index (κ1) is 22.5. The molecular formula is C25H24Cl2N2O3. The third-order valence-electron chi connectivity index (χ3n) is 5.64. The van der Waals surface area contributed by atoms with Crippen LogP contribution >= 0.6 is 23.2 Å². The minimum atomic E-state index is -0.154. The Morgan fingerprint density at radius 2 is 1.75 bits per heavy atom. The third kappa shape index (κ3) is 4.70. The van der Waals surface area contributed by atoms with Crippen LogP contribution in [0.25, 0.3) is 0 Å². The Labute approximate surface area is 197 Å². The van der Waals surface area contributed by atoms with E-state index in [1.54, 1.807) is 32.4 Å². The maximum Gasteiger partial charge on any atom is 0.238 e. The molecule has 1 atom stereocenters. The molecule has 0 radical (unpaired) electrons. The van der Waals surface area contributed by atoms with Gasteiger partial charge >= 0.3 is 0 Å². The Morgan fingerprint density at radius 1 is 1.03 bits per heavy atom. The smallest absolute Gasteiger partial charge is 0.238 e. The fourth-order valence-corrected chi connectivity index (χ4v) is 4.50. The highest BCUT2D eigenvalue weighted by Gasteiger charge is 2.31. The average Bonchev–Trinajstić information content (AvgIpc) is 2.80. The number of carbonyl (C=O) groups excluding carboxylic acids is 1. The number of carbonyl (C=O) groups is 1. The molecule has 0 fully saturated rings. The molecule has 0 aromatic heterocycles. The third-order valence-corrected chi connectivity index (χ3v) is 6.20. The van der Waals surface area contributed by atoms with Crippen LogP contribution in [0.5, 0.6) is 11.5 Å². The van der Waals surface area contributed by atoms with Gasteiger partial charge < -0.3 is 14.8 Å². The van der Waals surface area contributed by atoms with Gasteiger partial charge in [-0.15, -0.1) is 0 Å². The maximum absolute atomic E-state index is 13.0. The Morgan fingerprint density at radius 3 is 2.47 bits per heavy atom. The lowest BCUT2D eigenvalue weighted by Crippen LogP contribution is -2.41. The van der Waals surface area contributed by atoms with Crippen molar-refractivity contribution in [3.8, 4) is 11.5 Å². The number of benzene rings is 3. The van der Waals surface area contributed by atoms with Gasteiger partial charge in [0.25, 0.3) is 0 Å². The largest absolute Gasteiger partial charge is 0.493 e. The minimum absolute atomic E-state index is 0.0969. The predicted molar refractivity (Wildman–Crippen MR) is 128 cm³/mol. The zero-order valence-electron chi connectivity index (χ0n) is 17.9. The van der Waals surface area contributed by atoms with Crippen molar-refractivity contribution in [2.75, 3.05) is 32.6 Å². The number of anilines is 1. The van der Waals surface area contributed by atoms with Crippen molar-refractivity contribution in [1.29, 1.82) is 0 Å². The van der Waals surface area contributed by atoms with Gasteiger partial charge in [0, 0.05) is 11.6 Å². The van der Waals surface area contributed by atoms with Crippen molar-refractivity contribution in [3.63, 3.8) is 0 Å². The van der Waals surface area contributed by atoms with Crippen LogP contribution in [0.4, 0.5) is 5.69 Å². The number of halogens is 2. The van der Waals surface area contributed by atoms with Crippen LogP contribution in [-0.4, -0.2) is 38.1 Å². The van der Waals surface area contributed by atoms with Crippen molar-refractivity contribution < 1.29 is 14.3 Å². The van der Waals surface area contributed by atoms with Gasteiger partial charge in [0.05, 0.1) is 37.5 Å². The predicted octanol–water partition coefficient (Wildman–Crippen LogP) is 5.60. The van der Waals surface area contributed by atoms with Gasteiger partial charge in [-0.1, -0.05) is 53.5 Å². The van der Waals surface area contributed by atoms with E-state index < -0.39 is 0 Å². The Kier molecular flexibility index (Phi) is 6.89. The first-order chi connectivity index (χ1) is 15.5. The first-order valence-corrected chi connectivity index (χ1v) is 11.0. The van der Waals surface area contributed by atoms with Crippen LogP contribution < -0.4 is 14.8 Å². The summed E-state index contributed by atoms with van der Waals surface area (Å²) in [5.74, 6) is 1.23. The monoisotopic (exact) mass is 470 g/mol. The highest BCUT2D eigenvalue weighted by molar-refractivity contribution is 6.35. The molecule has 1 N–H and O–H groups in total. The molecule has 1 amide bonds. The molecule has 7 heteroatoms. The summed E-state index contributed by atoms with van der Waals surface area (Å²) in [6.07, 6.45) is 0.796. The molecule has 4 rings (SSSR count). The van der Waals surface area contributed by atoms with E-state index in [1.807, 2.05) is 30.3 Å². The molecule has 1 aliphatic heterocycles. The molecule has 0 saturated carbocycles. The number of nitrogens with zero attached hydrogens (tertiary/aromatic N) is 1. The number of hydrogen-bond donors (Lipinski definition) is 1. The minimum Gasteiger partial charge on any atom is -0.493 e. The zero-order valence-corrected chi connectivity index (χ0v) is 19.4. The van der Waals surface area contributed by atoms with Crippen LogP contribution in [0.3, 0.4) is 0 Å². The van der Waals surface area contributed by atoms with Crippen LogP contribution in [0.15, 0.2) is 60.7 Å². The topological polar surface area (TPSA) is 50.8 Å². The van der Waals surface area contributed by atoms with Gasteiger partial charge in [-0.3, -0.25) is 9.69 Å². The van der Waals surface area contributed by atoms with E-state index in [0.717, 1.165) is 24.1 Å². The van der Waals surface area contributed by atoms with E-state index in [-0.39, 0.29) is 18.5 Å². The van der Waals surface area contributed by atoms with Crippen molar-refractivity contribution in [1.82, 2.24) is 4.90 Å². The molecule has 0 aliphatic carbocycles. The summed E-state index contributed by atoms with van der Waals surface area (Å²) in [7, 11) is 3.27. The summed E-state index contributed by atoms with van der Waals surface area (Å²) in [5.41, 5.74) is 3.90. The second kappa shape index (κ2) is 9.82. The van der Waals surface area contributed by atoms with E-state index in [1.165, 1.54) is 5.56 Å². The number of rotatable bonds is 6. The lowest BCUT2D eigenvalue weighted by molar-refractivity contribution is -0.117. The summed E-state index contributed by atoms with van der Waals surface area (Å²) >= 11 is 12.3. The highest BCUT2D eigenvalue weighted by Crippen LogP contribution is 2.41. The lowest BCUT2D eigenvalue weighted by Gasteiger charge is -2.37. The first-order valence-electron chi connectivity index (χ1n) is 10.3. The zero-order chi connectivity index (χ0) is 22.7. The van der Waals surface area contributed by atoms with Crippen molar-refractivity contribution >= 4 is 34.8 Å². The van der Waals surface area contributed by atoms with Gasteiger partial charge in [-0.2, -0.15) is 0 Å². The number of fused-ring (bicyclic) bond motifs is 1. The number of hydrogen-bond acceptors (Lipinski definition) is 4. The van der Waals surface area contributed by atoms with Crippen molar-refractivity contribution in [3.05, 3.63) is 87.4 Å². The number of ether oxygens (including phenoxy) is 2. The fraction of sp³-hybridized carbons (Fsp3) is 0.240. The molecule has 0 unspecified atom stereocenters. The van der Waals surface area contributed by atoms with Gasteiger partial charge in [0.15, 0.2) is 11.5 Å². The second-order valence-corrected chi connectivity index (χ2v) is 8.46. The summed E-state index contributed by atoms with van der Waals surface area (Å²) in [6.45, 7) is 0.926. The van der Waals surface area contributed by atoms with E-state index >= 15 is 0 Å². The lowest BCUT2D eigenvalue weighted by atomic mass is 9.87. The quantitative estimate of drug-likeness (QED) is 0.509. The maximum atomic E-state index is 13.0. The number of methoxy groups -OCH3 is 2. The van der Waals surface area contributed by atoms with Gasteiger partial charge in [-0.05, 0) is 53.4 Å². The summed E-state index contributed by atoms with van der Waals surface area (Å²) < 4.78 is 11.1. The Balaban J connectivity index is 1.66. The summed E-state index contributed by atoms with van der Waals surface area (Å²) in [4.78, 5) is 15.1.